The SMILES string of the molecule is CC(CC(=O)O)NC(=O)c1cc(Cl)cc([N+](=O)[O-])c1. The van der Waals surface area contributed by atoms with Crippen LogP contribution in [0.15, 0.2) is 18.2 Å². The molecule has 0 fully saturated rings. The van der Waals surface area contributed by atoms with Crippen molar-refractivity contribution >= 4 is 29.2 Å². The van der Waals surface area contributed by atoms with Crippen LogP contribution in [0, 0.1) is 10.1 Å². The lowest BCUT2D eigenvalue weighted by Crippen LogP contribution is -2.34. The molecule has 1 amide bonds. The second-order valence-corrected chi connectivity index (χ2v) is 4.36. The van der Waals surface area contributed by atoms with E-state index in [-0.39, 0.29) is 22.7 Å². The van der Waals surface area contributed by atoms with Crippen molar-refractivity contribution in [2.75, 3.05) is 0 Å². The number of halogens is 1. The lowest BCUT2D eigenvalue weighted by molar-refractivity contribution is -0.384. The molecule has 0 aliphatic heterocycles. The van der Waals surface area contributed by atoms with Gasteiger partial charge in [-0.3, -0.25) is 19.7 Å². The first-order valence-electron chi connectivity index (χ1n) is 5.27. The van der Waals surface area contributed by atoms with E-state index in [0.29, 0.717) is 0 Å². The Morgan fingerprint density at radius 2 is 2.11 bits per heavy atom. The highest BCUT2D eigenvalue weighted by atomic mass is 35.5. The quantitative estimate of drug-likeness (QED) is 0.634. The topological polar surface area (TPSA) is 110 Å². The Bertz CT molecular complexity index is 532. The van der Waals surface area contributed by atoms with Crippen molar-refractivity contribution in [2.45, 2.75) is 19.4 Å². The van der Waals surface area contributed by atoms with Crippen LogP contribution in [0.2, 0.25) is 5.02 Å². The molecule has 8 heteroatoms. The molecule has 0 aliphatic carbocycles. The number of amides is 1. The molecule has 0 bridgehead atoms. The van der Waals surface area contributed by atoms with Gasteiger partial charge in [-0.15, -0.1) is 0 Å². The smallest absolute Gasteiger partial charge is 0.305 e. The highest BCUT2D eigenvalue weighted by molar-refractivity contribution is 6.31. The summed E-state index contributed by atoms with van der Waals surface area (Å²) < 4.78 is 0. The van der Waals surface area contributed by atoms with E-state index in [4.69, 9.17) is 16.7 Å². The van der Waals surface area contributed by atoms with Gasteiger partial charge in [-0.25, -0.2) is 0 Å². The van der Waals surface area contributed by atoms with Crippen molar-refractivity contribution in [1.29, 1.82) is 0 Å². The Morgan fingerprint density at radius 3 is 2.63 bits per heavy atom. The summed E-state index contributed by atoms with van der Waals surface area (Å²) in [5.74, 6) is -1.66. The zero-order valence-corrected chi connectivity index (χ0v) is 10.7. The maximum atomic E-state index is 11.8. The molecule has 1 unspecified atom stereocenters. The number of carbonyl (C=O) groups is 2. The van der Waals surface area contributed by atoms with E-state index in [1.807, 2.05) is 0 Å². The van der Waals surface area contributed by atoms with Crippen LogP contribution in [-0.2, 0) is 4.79 Å². The first-order valence-corrected chi connectivity index (χ1v) is 5.65. The van der Waals surface area contributed by atoms with Crippen LogP contribution >= 0.6 is 11.6 Å². The van der Waals surface area contributed by atoms with Crippen LogP contribution in [0.3, 0.4) is 0 Å². The van der Waals surface area contributed by atoms with Gasteiger partial charge in [0, 0.05) is 28.8 Å². The zero-order valence-electron chi connectivity index (χ0n) is 9.92. The van der Waals surface area contributed by atoms with Gasteiger partial charge in [-0.2, -0.15) is 0 Å². The summed E-state index contributed by atoms with van der Waals surface area (Å²) in [6, 6.07) is 2.88. The fourth-order valence-electron chi connectivity index (χ4n) is 1.43. The van der Waals surface area contributed by atoms with Gasteiger partial charge in [-0.05, 0) is 13.0 Å². The second-order valence-electron chi connectivity index (χ2n) is 3.93. The summed E-state index contributed by atoms with van der Waals surface area (Å²) in [4.78, 5) is 32.2. The van der Waals surface area contributed by atoms with Crippen molar-refractivity contribution in [3.63, 3.8) is 0 Å². The number of rotatable bonds is 5. The average Bonchev–Trinajstić information content (AvgIpc) is 2.26. The molecule has 102 valence electrons. The Morgan fingerprint density at radius 1 is 1.47 bits per heavy atom. The van der Waals surface area contributed by atoms with Gasteiger partial charge < -0.3 is 10.4 Å². The van der Waals surface area contributed by atoms with E-state index < -0.39 is 22.8 Å². The van der Waals surface area contributed by atoms with E-state index in [2.05, 4.69) is 5.32 Å². The molecule has 19 heavy (non-hydrogen) atoms. The van der Waals surface area contributed by atoms with Crippen LogP contribution in [0.4, 0.5) is 5.69 Å². The third-order valence-electron chi connectivity index (χ3n) is 2.21. The maximum Gasteiger partial charge on any atom is 0.305 e. The van der Waals surface area contributed by atoms with Gasteiger partial charge in [-0.1, -0.05) is 11.6 Å². The monoisotopic (exact) mass is 286 g/mol. The van der Waals surface area contributed by atoms with Crippen molar-refractivity contribution in [2.24, 2.45) is 0 Å². The predicted molar refractivity (Wildman–Crippen MR) is 67.3 cm³/mol. The fraction of sp³-hybridized carbons (Fsp3) is 0.273. The van der Waals surface area contributed by atoms with E-state index in [1.165, 1.54) is 13.0 Å². The summed E-state index contributed by atoms with van der Waals surface area (Å²) in [5.41, 5.74) is -0.292. The lowest BCUT2D eigenvalue weighted by atomic mass is 10.1. The number of carbonyl (C=O) groups excluding carboxylic acids is 1. The standard InChI is InChI=1S/C11H11ClN2O5/c1-6(2-10(15)16)13-11(17)7-3-8(12)5-9(4-7)14(18)19/h3-6H,2H2,1H3,(H,13,17)(H,15,16). The third-order valence-corrected chi connectivity index (χ3v) is 2.43. The molecule has 0 saturated carbocycles. The van der Waals surface area contributed by atoms with Crippen molar-refractivity contribution in [3.05, 3.63) is 38.9 Å². The van der Waals surface area contributed by atoms with Crippen molar-refractivity contribution in [3.8, 4) is 0 Å². The van der Waals surface area contributed by atoms with Gasteiger partial charge in [0.1, 0.15) is 0 Å². The van der Waals surface area contributed by atoms with Crippen LogP contribution in [-0.4, -0.2) is 27.9 Å². The van der Waals surface area contributed by atoms with Crippen LogP contribution in [0.25, 0.3) is 0 Å². The molecular formula is C11H11ClN2O5. The number of carboxylic acid groups (broad SMARTS) is 1. The molecular weight excluding hydrogens is 276 g/mol. The number of nitrogens with zero attached hydrogens (tertiary/aromatic N) is 1. The molecule has 1 aromatic rings. The highest BCUT2D eigenvalue weighted by Gasteiger charge is 2.16. The van der Waals surface area contributed by atoms with Crippen molar-refractivity contribution < 1.29 is 19.6 Å². The number of carboxylic acids is 1. The van der Waals surface area contributed by atoms with E-state index >= 15 is 0 Å². The summed E-state index contributed by atoms with van der Waals surface area (Å²) in [7, 11) is 0. The summed E-state index contributed by atoms with van der Waals surface area (Å²) in [6.45, 7) is 1.52. The average molecular weight is 287 g/mol. The van der Waals surface area contributed by atoms with E-state index in [1.54, 1.807) is 0 Å². The minimum atomic E-state index is -1.05. The van der Waals surface area contributed by atoms with Crippen LogP contribution in [0.5, 0.6) is 0 Å². The molecule has 0 spiro atoms. The summed E-state index contributed by atoms with van der Waals surface area (Å²) >= 11 is 5.68. The second kappa shape index (κ2) is 6.14. The molecule has 2 N–H and O–H groups in total. The summed E-state index contributed by atoms with van der Waals surface area (Å²) in [6.07, 6.45) is -0.242. The van der Waals surface area contributed by atoms with Gasteiger partial charge in [0.25, 0.3) is 11.6 Å². The van der Waals surface area contributed by atoms with Gasteiger partial charge in [0.2, 0.25) is 0 Å². The number of benzene rings is 1. The normalized spacial score (nSPS) is 11.7. The lowest BCUT2D eigenvalue weighted by Gasteiger charge is -2.11. The number of non-ortho nitro benzene ring substituents is 1. The Balaban J connectivity index is 2.88. The first-order chi connectivity index (χ1) is 8.79. The minimum absolute atomic E-state index is 0.0106. The minimum Gasteiger partial charge on any atom is -0.481 e. The predicted octanol–water partition coefficient (Wildman–Crippen LogP) is 1.84. The number of hydrogen-bond donors (Lipinski definition) is 2. The number of nitro groups is 1. The molecule has 0 saturated heterocycles. The zero-order chi connectivity index (χ0) is 14.6. The number of nitro benzene ring substituents is 1. The largest absolute Gasteiger partial charge is 0.481 e. The number of nitrogens with one attached hydrogen (secondary N) is 1. The third kappa shape index (κ3) is 4.55. The molecule has 0 aromatic heterocycles. The molecule has 0 heterocycles. The van der Waals surface area contributed by atoms with E-state index in [9.17, 15) is 19.7 Å². The van der Waals surface area contributed by atoms with Gasteiger partial charge in [0.15, 0.2) is 0 Å². The Hall–Kier alpha value is -2.15. The number of aliphatic carboxylic acids is 1. The van der Waals surface area contributed by atoms with Crippen LogP contribution in [0.1, 0.15) is 23.7 Å². The Kier molecular flexibility index (Phi) is 4.82. The summed E-state index contributed by atoms with van der Waals surface area (Å²) in [5, 5.41) is 21.7. The molecule has 7 nitrogen and oxygen atoms in total. The van der Waals surface area contributed by atoms with Gasteiger partial charge >= 0.3 is 5.97 Å². The number of hydrogen-bond acceptors (Lipinski definition) is 4. The Labute approximate surface area is 113 Å². The molecule has 1 atom stereocenters. The maximum absolute atomic E-state index is 11.8. The molecule has 1 rings (SSSR count). The molecule has 1 aromatic carbocycles. The van der Waals surface area contributed by atoms with Gasteiger partial charge in [0.05, 0.1) is 11.3 Å². The molecule has 0 aliphatic rings. The van der Waals surface area contributed by atoms with Crippen molar-refractivity contribution in [1.82, 2.24) is 5.32 Å². The molecule has 0 radical (unpaired) electrons. The van der Waals surface area contributed by atoms with E-state index in [0.717, 1.165) is 12.1 Å². The first kappa shape index (κ1) is 14.9. The van der Waals surface area contributed by atoms with Crippen LogP contribution < -0.4 is 5.32 Å². The highest BCUT2D eigenvalue weighted by Crippen LogP contribution is 2.20. The fourth-order valence-corrected chi connectivity index (χ4v) is 1.66.